The Morgan fingerprint density at radius 2 is 1.33 bits per heavy atom. The largest absolute Gasteiger partial charge is 1.00 e. The van der Waals surface area contributed by atoms with E-state index in [2.05, 4.69) is 45.3 Å². The summed E-state index contributed by atoms with van der Waals surface area (Å²) < 4.78 is 1.07. The van der Waals surface area contributed by atoms with Gasteiger partial charge in [-0.05, 0) is 6.92 Å². The molecule has 1 nitrogen and oxygen atoms in total. The molecule has 0 radical (unpaired) electrons. The van der Waals surface area contributed by atoms with E-state index in [1.54, 1.807) is 0 Å². The molecule has 108 valence electrons. The number of quaternary nitrogens is 1. The molecule has 0 saturated carbocycles. The number of nitrogens with zero attached hydrogens (tertiary/aromatic N) is 1. The van der Waals surface area contributed by atoms with Crippen LogP contribution < -0.4 is 17.0 Å². The van der Waals surface area contributed by atoms with E-state index in [0.717, 1.165) is 11.0 Å². The second-order valence-corrected chi connectivity index (χ2v) is 4.67. The maximum absolute atomic E-state index is 2.26. The van der Waals surface area contributed by atoms with Crippen molar-refractivity contribution < 1.29 is 38.5 Å². The molecule has 0 saturated heterocycles. The van der Waals surface area contributed by atoms with Gasteiger partial charge in [0.15, 0.2) is 0 Å². The number of hydrogen-bond acceptors (Lipinski definition) is 0. The second-order valence-electron chi connectivity index (χ2n) is 4.67. The quantitative estimate of drug-likeness (QED) is 0.427. The van der Waals surface area contributed by atoms with E-state index in [1.807, 2.05) is 30.3 Å². The third-order valence-corrected chi connectivity index (χ3v) is 2.75. The standard InChI is InChI=1S/C10H17N.C5H5.BrH.Fe/c1-4-11(2,3)9-10-7-5-6-8-10;1-2-4-5-3-1;;/h5-8H,4,9H2,1-3H3;1-5H;1H;/q;-5;;/p-1. The fraction of sp³-hybridized carbons (Fsp3) is 0.333. The minimum absolute atomic E-state index is 0. The summed E-state index contributed by atoms with van der Waals surface area (Å²) >= 11 is 0. The first-order chi connectivity index (χ1) is 7.64. The number of halogens is 1. The van der Waals surface area contributed by atoms with Crippen molar-refractivity contribution in [3.8, 4) is 0 Å². The summed E-state index contributed by atoms with van der Waals surface area (Å²) in [5.41, 5.74) is 1.44. The van der Waals surface area contributed by atoms with Crippen molar-refractivity contribution in [2.45, 2.75) is 13.5 Å². The Bertz CT molecular complexity index is 335. The van der Waals surface area contributed by atoms with Gasteiger partial charge in [-0.2, -0.15) is 12.1 Å². The number of rotatable bonds is 3. The molecule has 0 spiro atoms. The van der Waals surface area contributed by atoms with E-state index in [1.165, 1.54) is 12.1 Å². The number of hydrogen-bond donors (Lipinski definition) is 0. The predicted molar refractivity (Wildman–Crippen MR) is 70.4 cm³/mol. The van der Waals surface area contributed by atoms with Crippen LogP contribution in [-0.4, -0.2) is 25.1 Å². The van der Waals surface area contributed by atoms with Crippen molar-refractivity contribution in [2.75, 3.05) is 20.6 Å². The molecule has 2 rings (SSSR count). The maximum atomic E-state index is 2.26. The van der Waals surface area contributed by atoms with Crippen LogP contribution in [-0.2, 0) is 23.6 Å². The monoisotopic (exact) mass is 351 g/mol. The summed E-state index contributed by atoms with van der Waals surface area (Å²) in [5.74, 6) is 0. The van der Waals surface area contributed by atoms with E-state index in [4.69, 9.17) is 0 Å². The van der Waals surface area contributed by atoms with Gasteiger partial charge in [0.2, 0.25) is 0 Å². The zero-order valence-corrected chi connectivity index (χ0v) is 14.0. The summed E-state index contributed by atoms with van der Waals surface area (Å²) in [6.07, 6.45) is 0. The first kappa shape index (κ1) is 20.0. The van der Waals surface area contributed by atoms with Crippen LogP contribution in [0.3, 0.4) is 0 Å². The topological polar surface area (TPSA) is 0 Å². The normalized spacial score (nSPS) is 9.50. The van der Waals surface area contributed by atoms with Crippen LogP contribution in [0.4, 0.5) is 0 Å². The molecule has 0 aliphatic heterocycles. The molecule has 18 heavy (non-hydrogen) atoms. The summed E-state index contributed by atoms with van der Waals surface area (Å²) in [5, 5.41) is 0. The zero-order valence-electron chi connectivity index (χ0n) is 11.3. The maximum Gasteiger partial charge on any atom is 0.0748 e. The summed E-state index contributed by atoms with van der Waals surface area (Å²) in [4.78, 5) is 0. The van der Waals surface area contributed by atoms with Crippen molar-refractivity contribution in [1.29, 1.82) is 0 Å². The molecule has 0 aliphatic carbocycles. The van der Waals surface area contributed by atoms with Crippen LogP contribution in [0.25, 0.3) is 0 Å². The minimum atomic E-state index is 0. The molecule has 0 atom stereocenters. The molecule has 0 fully saturated rings. The van der Waals surface area contributed by atoms with E-state index >= 15 is 0 Å². The van der Waals surface area contributed by atoms with Gasteiger partial charge in [-0.1, -0.05) is 0 Å². The fourth-order valence-corrected chi connectivity index (χ4v) is 1.45. The molecule has 0 bridgehead atoms. The van der Waals surface area contributed by atoms with Crippen molar-refractivity contribution in [3.63, 3.8) is 0 Å². The van der Waals surface area contributed by atoms with E-state index in [0.29, 0.717) is 0 Å². The van der Waals surface area contributed by atoms with Gasteiger partial charge < -0.3 is 51.8 Å². The average Bonchev–Trinajstić information content (AvgIpc) is 2.91. The van der Waals surface area contributed by atoms with Gasteiger partial charge >= 0.3 is 0 Å². The molecule has 0 heterocycles. The smallest absolute Gasteiger partial charge is 0.0748 e. The third kappa shape index (κ3) is 8.71. The SMILES string of the molecule is CC[N+](C)(C)C[c-]1cccc1.[Br-].[Fe].[cH-]1[cH-][cH-][cH-][cH-]1. The van der Waals surface area contributed by atoms with Gasteiger partial charge in [0.05, 0.1) is 27.2 Å². The van der Waals surface area contributed by atoms with Gasteiger partial charge in [0.25, 0.3) is 0 Å². The van der Waals surface area contributed by atoms with Crippen LogP contribution in [0.5, 0.6) is 0 Å². The Balaban J connectivity index is 0. The molecular formula is C15H22BrFeN-6. The Hall–Kier alpha value is -0.341. The zero-order chi connectivity index (χ0) is 11.9. The van der Waals surface area contributed by atoms with Crippen LogP contribution in [0, 0.1) is 0 Å². The van der Waals surface area contributed by atoms with Gasteiger partial charge in [0, 0.05) is 17.1 Å². The van der Waals surface area contributed by atoms with Crippen LogP contribution >= 0.6 is 0 Å². The van der Waals surface area contributed by atoms with Gasteiger partial charge in [-0.3, -0.25) is 0 Å². The van der Waals surface area contributed by atoms with Crippen LogP contribution in [0.15, 0.2) is 54.6 Å². The Morgan fingerprint density at radius 1 is 0.944 bits per heavy atom. The Kier molecular flexibility index (Phi) is 11.7. The molecule has 0 N–H and O–H groups in total. The predicted octanol–water partition coefficient (Wildman–Crippen LogP) is 0.409. The molecule has 0 aliphatic rings. The second kappa shape index (κ2) is 10.6. The van der Waals surface area contributed by atoms with Crippen molar-refractivity contribution in [1.82, 2.24) is 0 Å². The van der Waals surface area contributed by atoms with E-state index in [-0.39, 0.29) is 34.1 Å². The van der Waals surface area contributed by atoms with Gasteiger partial charge in [-0.25, -0.2) is 12.1 Å². The Labute approximate surface area is 132 Å². The third-order valence-electron chi connectivity index (χ3n) is 2.75. The Morgan fingerprint density at radius 3 is 1.67 bits per heavy atom. The fourth-order valence-electron chi connectivity index (χ4n) is 1.45. The summed E-state index contributed by atoms with van der Waals surface area (Å²) in [6.45, 7) is 4.55. The van der Waals surface area contributed by atoms with Crippen molar-refractivity contribution >= 4 is 0 Å². The molecule has 3 heteroatoms. The van der Waals surface area contributed by atoms with Gasteiger partial charge in [0.1, 0.15) is 0 Å². The first-order valence-corrected chi connectivity index (χ1v) is 5.83. The average molecular weight is 352 g/mol. The molecule has 0 aromatic heterocycles. The van der Waals surface area contributed by atoms with E-state index < -0.39 is 0 Å². The molecule has 2 aromatic rings. The van der Waals surface area contributed by atoms with Crippen molar-refractivity contribution in [2.24, 2.45) is 0 Å². The van der Waals surface area contributed by atoms with Gasteiger partial charge in [-0.15, -0.1) is 5.56 Å². The first-order valence-electron chi connectivity index (χ1n) is 5.83. The van der Waals surface area contributed by atoms with E-state index in [9.17, 15) is 0 Å². The molecular weight excluding hydrogens is 330 g/mol. The van der Waals surface area contributed by atoms with Crippen molar-refractivity contribution in [3.05, 3.63) is 60.2 Å². The minimum Gasteiger partial charge on any atom is -1.00 e. The molecule has 0 amide bonds. The summed E-state index contributed by atoms with van der Waals surface area (Å²) in [6, 6.07) is 18.6. The molecule has 0 unspecified atom stereocenters. The summed E-state index contributed by atoms with van der Waals surface area (Å²) in [7, 11) is 4.51. The van der Waals surface area contributed by atoms with Crippen LogP contribution in [0.1, 0.15) is 12.5 Å². The molecule has 2 aromatic carbocycles. The van der Waals surface area contributed by atoms with Crippen LogP contribution in [0.2, 0.25) is 0 Å².